The smallest absolute Gasteiger partial charge is 0.134 e. The summed E-state index contributed by atoms with van der Waals surface area (Å²) in [5, 5.41) is 17.2. The molecule has 0 aliphatic heterocycles. The second-order valence-corrected chi connectivity index (χ2v) is 5.04. The van der Waals surface area contributed by atoms with Crippen molar-refractivity contribution in [3.63, 3.8) is 0 Å². The van der Waals surface area contributed by atoms with Crippen molar-refractivity contribution in [2.75, 3.05) is 5.32 Å². The average Bonchev–Trinajstić information content (AvgIpc) is 3.03. The van der Waals surface area contributed by atoms with Gasteiger partial charge in [0.25, 0.3) is 0 Å². The van der Waals surface area contributed by atoms with Gasteiger partial charge in [0.2, 0.25) is 0 Å². The third kappa shape index (κ3) is 3.17. The average molecular weight is 300 g/mol. The number of halogens is 1. The lowest BCUT2D eigenvalue weighted by molar-refractivity contribution is 0.475. The van der Waals surface area contributed by atoms with E-state index in [1.807, 2.05) is 47.3 Å². The van der Waals surface area contributed by atoms with Gasteiger partial charge in [0.15, 0.2) is 0 Å². The summed E-state index contributed by atoms with van der Waals surface area (Å²) >= 11 is 5.89. The number of anilines is 1. The molecule has 0 aliphatic carbocycles. The van der Waals surface area contributed by atoms with Gasteiger partial charge in [-0.2, -0.15) is 5.10 Å². The molecule has 0 radical (unpaired) electrons. The highest BCUT2D eigenvalue weighted by molar-refractivity contribution is 6.32. The van der Waals surface area contributed by atoms with Gasteiger partial charge >= 0.3 is 0 Å². The molecule has 0 atom stereocenters. The molecular formula is C16H14ClN3O. The zero-order chi connectivity index (χ0) is 14.7. The number of aromatic nitrogens is 2. The van der Waals surface area contributed by atoms with Crippen molar-refractivity contribution in [1.29, 1.82) is 0 Å². The number of nitrogens with zero attached hydrogens (tertiary/aromatic N) is 2. The monoisotopic (exact) mass is 299 g/mol. The number of hydrogen-bond donors (Lipinski definition) is 2. The Morgan fingerprint density at radius 3 is 2.62 bits per heavy atom. The van der Waals surface area contributed by atoms with E-state index in [1.54, 1.807) is 18.3 Å². The molecule has 1 heterocycles. The van der Waals surface area contributed by atoms with E-state index in [9.17, 15) is 5.11 Å². The van der Waals surface area contributed by atoms with Crippen LogP contribution in [0.4, 0.5) is 5.69 Å². The molecule has 1 aromatic heterocycles. The van der Waals surface area contributed by atoms with E-state index in [-0.39, 0.29) is 5.75 Å². The van der Waals surface area contributed by atoms with Crippen molar-refractivity contribution in [3.05, 3.63) is 71.5 Å². The molecule has 21 heavy (non-hydrogen) atoms. The number of aromatic hydroxyl groups is 1. The van der Waals surface area contributed by atoms with Crippen molar-refractivity contribution in [2.24, 2.45) is 0 Å². The number of rotatable bonds is 4. The predicted octanol–water partition coefficient (Wildman–Crippen LogP) is 3.84. The van der Waals surface area contributed by atoms with Crippen LogP contribution in [0.5, 0.6) is 5.75 Å². The van der Waals surface area contributed by atoms with Gasteiger partial charge in [-0.15, -0.1) is 0 Å². The first-order valence-electron chi connectivity index (χ1n) is 6.54. The van der Waals surface area contributed by atoms with Crippen LogP contribution in [0, 0.1) is 0 Å². The van der Waals surface area contributed by atoms with Gasteiger partial charge in [0, 0.05) is 24.6 Å². The quantitative estimate of drug-likeness (QED) is 0.769. The van der Waals surface area contributed by atoms with Gasteiger partial charge in [-0.05, 0) is 48.0 Å². The zero-order valence-electron chi connectivity index (χ0n) is 11.2. The highest BCUT2D eigenvalue weighted by Gasteiger charge is 2.01. The Kier molecular flexibility index (Phi) is 3.79. The summed E-state index contributed by atoms with van der Waals surface area (Å²) in [5.74, 6) is 0.101. The van der Waals surface area contributed by atoms with Crippen LogP contribution < -0.4 is 5.32 Å². The third-order valence-electron chi connectivity index (χ3n) is 3.14. The second kappa shape index (κ2) is 5.89. The van der Waals surface area contributed by atoms with E-state index in [0.717, 1.165) is 16.9 Å². The Morgan fingerprint density at radius 2 is 1.95 bits per heavy atom. The molecule has 5 heteroatoms. The fourth-order valence-electron chi connectivity index (χ4n) is 2.02. The highest BCUT2D eigenvalue weighted by Crippen LogP contribution is 2.24. The van der Waals surface area contributed by atoms with Crippen LogP contribution in [0.3, 0.4) is 0 Å². The first-order chi connectivity index (χ1) is 10.2. The minimum atomic E-state index is 0.101. The van der Waals surface area contributed by atoms with Crippen LogP contribution in [-0.2, 0) is 6.54 Å². The number of hydrogen-bond acceptors (Lipinski definition) is 3. The molecule has 0 amide bonds. The molecule has 0 unspecified atom stereocenters. The van der Waals surface area contributed by atoms with Gasteiger partial charge < -0.3 is 10.4 Å². The number of benzene rings is 2. The summed E-state index contributed by atoms with van der Waals surface area (Å²) in [5.41, 5.74) is 3.03. The maximum Gasteiger partial charge on any atom is 0.134 e. The second-order valence-electron chi connectivity index (χ2n) is 4.64. The summed E-state index contributed by atoms with van der Waals surface area (Å²) in [4.78, 5) is 0. The van der Waals surface area contributed by atoms with Crippen LogP contribution >= 0.6 is 11.6 Å². The normalized spacial score (nSPS) is 10.5. The van der Waals surface area contributed by atoms with Crippen molar-refractivity contribution in [2.45, 2.75) is 6.54 Å². The predicted molar refractivity (Wildman–Crippen MR) is 84.0 cm³/mol. The number of nitrogens with one attached hydrogen (secondary N) is 1. The first-order valence-corrected chi connectivity index (χ1v) is 6.91. The molecule has 106 valence electrons. The third-order valence-corrected chi connectivity index (χ3v) is 3.45. The molecular weight excluding hydrogens is 286 g/mol. The van der Waals surface area contributed by atoms with Crippen molar-refractivity contribution < 1.29 is 5.11 Å². The van der Waals surface area contributed by atoms with Gasteiger partial charge in [0.1, 0.15) is 5.75 Å². The minimum absolute atomic E-state index is 0.101. The Bertz CT molecular complexity index is 724. The Balaban J connectivity index is 1.66. The SMILES string of the molecule is Oc1ccc(CNc2ccc(-n3cccn3)cc2)cc1Cl. The maximum atomic E-state index is 9.39. The van der Waals surface area contributed by atoms with Crippen LogP contribution in [0.1, 0.15) is 5.56 Å². The molecule has 3 aromatic rings. The standard InChI is InChI=1S/C16H14ClN3O/c17-15-10-12(2-7-16(15)21)11-18-13-3-5-14(6-4-13)20-9-1-8-19-20/h1-10,18,21H,11H2. The lowest BCUT2D eigenvalue weighted by atomic mass is 10.2. The maximum absolute atomic E-state index is 9.39. The summed E-state index contributed by atoms with van der Waals surface area (Å²) in [7, 11) is 0. The van der Waals surface area contributed by atoms with E-state index in [4.69, 9.17) is 11.6 Å². The molecule has 0 spiro atoms. The summed E-state index contributed by atoms with van der Waals surface area (Å²) in [6, 6.07) is 15.1. The van der Waals surface area contributed by atoms with E-state index in [1.165, 1.54) is 0 Å². The Morgan fingerprint density at radius 1 is 1.14 bits per heavy atom. The lowest BCUT2D eigenvalue weighted by Gasteiger charge is -2.08. The molecule has 2 N–H and O–H groups in total. The van der Waals surface area contributed by atoms with Crippen LogP contribution in [0.2, 0.25) is 5.02 Å². The molecule has 0 aliphatic rings. The van der Waals surface area contributed by atoms with Crippen LogP contribution in [0.15, 0.2) is 60.9 Å². The van der Waals surface area contributed by atoms with Crippen molar-refractivity contribution >= 4 is 17.3 Å². The van der Waals surface area contributed by atoms with Gasteiger partial charge in [-0.25, -0.2) is 4.68 Å². The molecule has 0 fully saturated rings. The van der Waals surface area contributed by atoms with Crippen molar-refractivity contribution in [3.8, 4) is 11.4 Å². The van der Waals surface area contributed by atoms with Gasteiger partial charge in [-0.3, -0.25) is 0 Å². The van der Waals surface area contributed by atoms with E-state index in [0.29, 0.717) is 11.6 Å². The van der Waals surface area contributed by atoms with Gasteiger partial charge in [-0.1, -0.05) is 17.7 Å². The molecule has 2 aromatic carbocycles. The molecule has 0 bridgehead atoms. The van der Waals surface area contributed by atoms with E-state index in [2.05, 4.69) is 10.4 Å². The minimum Gasteiger partial charge on any atom is -0.506 e. The van der Waals surface area contributed by atoms with E-state index >= 15 is 0 Å². The lowest BCUT2D eigenvalue weighted by Crippen LogP contribution is -2.00. The topological polar surface area (TPSA) is 50.1 Å². The molecule has 0 saturated carbocycles. The number of phenolic OH excluding ortho intramolecular Hbond substituents is 1. The summed E-state index contributed by atoms with van der Waals surface area (Å²) in [6.45, 7) is 0.640. The Hall–Kier alpha value is -2.46. The highest BCUT2D eigenvalue weighted by atomic mass is 35.5. The fraction of sp³-hybridized carbons (Fsp3) is 0.0625. The van der Waals surface area contributed by atoms with Gasteiger partial charge in [0.05, 0.1) is 10.7 Å². The fourth-order valence-corrected chi connectivity index (χ4v) is 2.22. The first kappa shape index (κ1) is 13.5. The number of phenols is 1. The van der Waals surface area contributed by atoms with Crippen LogP contribution in [-0.4, -0.2) is 14.9 Å². The largest absolute Gasteiger partial charge is 0.506 e. The summed E-state index contributed by atoms with van der Waals surface area (Å²) in [6.07, 6.45) is 3.65. The van der Waals surface area contributed by atoms with E-state index < -0.39 is 0 Å². The Labute approximate surface area is 127 Å². The molecule has 4 nitrogen and oxygen atoms in total. The van der Waals surface area contributed by atoms with Crippen LogP contribution in [0.25, 0.3) is 5.69 Å². The zero-order valence-corrected chi connectivity index (χ0v) is 12.0. The summed E-state index contributed by atoms with van der Waals surface area (Å²) < 4.78 is 1.81. The molecule has 0 saturated heterocycles. The molecule has 3 rings (SSSR count). The van der Waals surface area contributed by atoms with Crippen molar-refractivity contribution in [1.82, 2.24) is 9.78 Å².